The van der Waals surface area contributed by atoms with E-state index < -0.39 is 6.36 Å². The molecule has 10 heteroatoms. The molecule has 0 unspecified atom stereocenters. The first-order chi connectivity index (χ1) is 16.3. The van der Waals surface area contributed by atoms with E-state index in [1.54, 1.807) is 18.2 Å². The van der Waals surface area contributed by atoms with E-state index in [-0.39, 0.29) is 30.6 Å². The molecule has 2 N–H and O–H groups in total. The first-order valence-electron chi connectivity index (χ1n) is 11.7. The van der Waals surface area contributed by atoms with Gasteiger partial charge in [-0.1, -0.05) is 36.4 Å². The Morgan fingerprint density at radius 1 is 0.972 bits per heavy atom. The molecule has 0 amide bonds. The number of rotatable bonds is 8. The Morgan fingerprint density at radius 2 is 1.64 bits per heavy atom. The molecule has 1 fully saturated rings. The molecular weight excluding hydrogens is 512 g/mol. The van der Waals surface area contributed by atoms with Crippen molar-refractivity contribution in [3.8, 4) is 5.75 Å². The highest BCUT2D eigenvalue weighted by Crippen LogP contribution is 2.31. The van der Waals surface area contributed by atoms with E-state index in [1.807, 2.05) is 32.3 Å². The van der Waals surface area contributed by atoms with Gasteiger partial charge in [-0.05, 0) is 50.3 Å². The van der Waals surface area contributed by atoms with Gasteiger partial charge in [-0.3, -0.25) is 0 Å². The second kappa shape index (κ2) is 13.2. The number of aromatic nitrogens is 1. The number of pyridine rings is 1. The number of hydrogen-bond acceptors (Lipinski definition) is 5. The first kappa shape index (κ1) is 29.8. The standard InChI is InChI=1S/C26H31F3N4O.2ClH/c1-33(2)23-15-25(32-22-9-5-4-8-21(22)23)31-20-13-11-18(12-14-20)16-30-17-19-7-3-6-10-24(19)34-26(27,28)29;;/h3-10,15,18,20,30H,11-14,16-17H2,1-2H3,(H,31,32);2*1H/t18-,20+;;. The number of anilines is 2. The molecule has 5 nitrogen and oxygen atoms in total. The maximum absolute atomic E-state index is 12.6. The molecule has 4 rings (SSSR count). The molecule has 1 aliphatic rings. The van der Waals surface area contributed by atoms with E-state index in [0.717, 1.165) is 54.6 Å². The minimum atomic E-state index is -4.69. The molecule has 1 aliphatic carbocycles. The molecule has 1 saturated carbocycles. The number of fused-ring (bicyclic) bond motifs is 1. The molecule has 36 heavy (non-hydrogen) atoms. The topological polar surface area (TPSA) is 49.4 Å². The van der Waals surface area contributed by atoms with Gasteiger partial charge in [-0.25, -0.2) is 4.98 Å². The number of ether oxygens (including phenoxy) is 1. The number of para-hydroxylation sites is 2. The van der Waals surface area contributed by atoms with Crippen molar-refractivity contribution in [3.63, 3.8) is 0 Å². The van der Waals surface area contributed by atoms with Crippen LogP contribution in [0.15, 0.2) is 54.6 Å². The quantitative estimate of drug-likeness (QED) is 0.326. The van der Waals surface area contributed by atoms with Crippen LogP contribution in [-0.2, 0) is 6.54 Å². The summed E-state index contributed by atoms with van der Waals surface area (Å²) in [6.07, 6.45) is -0.508. The van der Waals surface area contributed by atoms with Crippen molar-refractivity contribution in [1.82, 2.24) is 10.3 Å². The van der Waals surface area contributed by atoms with Crippen LogP contribution in [0.5, 0.6) is 5.75 Å². The number of nitrogens with one attached hydrogen (secondary N) is 2. The Hall–Kier alpha value is -2.42. The van der Waals surface area contributed by atoms with Crippen molar-refractivity contribution >= 4 is 47.2 Å². The fourth-order valence-electron chi connectivity index (χ4n) is 4.61. The molecular formula is C26H33Cl2F3N4O. The maximum Gasteiger partial charge on any atom is 0.573 e. The molecule has 1 aromatic heterocycles. The van der Waals surface area contributed by atoms with E-state index in [9.17, 15) is 13.2 Å². The predicted octanol–water partition coefficient (Wildman–Crippen LogP) is 6.80. The highest BCUT2D eigenvalue weighted by atomic mass is 35.5. The maximum atomic E-state index is 12.6. The van der Waals surface area contributed by atoms with Crippen LogP contribution < -0.4 is 20.3 Å². The molecule has 0 atom stereocenters. The fourth-order valence-corrected chi connectivity index (χ4v) is 4.61. The van der Waals surface area contributed by atoms with Gasteiger partial charge in [0.1, 0.15) is 11.6 Å². The summed E-state index contributed by atoms with van der Waals surface area (Å²) in [7, 11) is 4.08. The van der Waals surface area contributed by atoms with Crippen LogP contribution in [-0.4, -0.2) is 38.0 Å². The third kappa shape index (κ3) is 8.05. The number of alkyl halides is 3. The van der Waals surface area contributed by atoms with Crippen molar-refractivity contribution in [2.45, 2.75) is 44.6 Å². The van der Waals surface area contributed by atoms with Gasteiger partial charge >= 0.3 is 6.36 Å². The van der Waals surface area contributed by atoms with Crippen LogP contribution in [0.2, 0.25) is 0 Å². The van der Waals surface area contributed by atoms with Crippen LogP contribution in [0.4, 0.5) is 24.7 Å². The summed E-state index contributed by atoms with van der Waals surface area (Å²) in [5.41, 5.74) is 2.62. The fraction of sp³-hybridized carbons (Fsp3) is 0.423. The van der Waals surface area contributed by atoms with Gasteiger partial charge in [-0.15, -0.1) is 38.0 Å². The summed E-state index contributed by atoms with van der Waals surface area (Å²) in [5, 5.41) is 8.07. The van der Waals surface area contributed by atoms with Crippen LogP contribution in [0.1, 0.15) is 31.2 Å². The van der Waals surface area contributed by atoms with E-state index in [4.69, 9.17) is 4.98 Å². The Labute approximate surface area is 222 Å². The SMILES string of the molecule is CN(C)c1cc(N[C@H]2CC[C@@H](CNCc3ccccc3OC(F)(F)F)CC2)nc2ccccc12.Cl.Cl. The Bertz CT molecular complexity index is 1110. The lowest BCUT2D eigenvalue weighted by Crippen LogP contribution is -2.31. The second-order valence-electron chi connectivity index (χ2n) is 9.09. The van der Waals surface area contributed by atoms with Crippen molar-refractivity contribution < 1.29 is 17.9 Å². The lowest BCUT2D eigenvalue weighted by Gasteiger charge is -2.30. The molecule has 1 heterocycles. The highest BCUT2D eigenvalue weighted by molar-refractivity contribution is 5.93. The molecule has 0 saturated heterocycles. The zero-order chi connectivity index (χ0) is 24.1. The zero-order valence-electron chi connectivity index (χ0n) is 20.3. The summed E-state index contributed by atoms with van der Waals surface area (Å²) in [6, 6.07) is 16.9. The summed E-state index contributed by atoms with van der Waals surface area (Å²) < 4.78 is 42.0. The molecule has 198 valence electrons. The van der Waals surface area contributed by atoms with Crippen LogP contribution in [0.25, 0.3) is 10.9 Å². The predicted molar refractivity (Wildman–Crippen MR) is 145 cm³/mol. The van der Waals surface area contributed by atoms with Crippen LogP contribution in [0, 0.1) is 5.92 Å². The van der Waals surface area contributed by atoms with Crippen molar-refractivity contribution in [2.24, 2.45) is 5.92 Å². The number of hydrogen-bond donors (Lipinski definition) is 2. The minimum Gasteiger partial charge on any atom is -0.405 e. The second-order valence-corrected chi connectivity index (χ2v) is 9.09. The van der Waals surface area contributed by atoms with Crippen molar-refractivity contribution in [3.05, 3.63) is 60.2 Å². The molecule has 3 aromatic rings. The van der Waals surface area contributed by atoms with E-state index in [1.165, 1.54) is 6.07 Å². The number of benzene rings is 2. The third-order valence-corrected chi connectivity index (χ3v) is 6.32. The lowest BCUT2D eigenvalue weighted by atomic mass is 9.86. The van der Waals surface area contributed by atoms with Gasteiger partial charge in [-0.2, -0.15) is 0 Å². The third-order valence-electron chi connectivity index (χ3n) is 6.32. The Kier molecular flexibility index (Phi) is 10.9. The average molecular weight is 545 g/mol. The van der Waals surface area contributed by atoms with E-state index >= 15 is 0 Å². The van der Waals surface area contributed by atoms with E-state index in [2.05, 4.69) is 32.4 Å². The van der Waals surface area contributed by atoms with Gasteiger partial charge in [0.2, 0.25) is 0 Å². The monoisotopic (exact) mass is 544 g/mol. The average Bonchev–Trinajstić information content (AvgIpc) is 2.80. The molecule has 0 bridgehead atoms. The van der Waals surface area contributed by atoms with E-state index in [0.29, 0.717) is 24.1 Å². The van der Waals surface area contributed by atoms with Crippen LogP contribution >= 0.6 is 24.8 Å². The lowest BCUT2D eigenvalue weighted by molar-refractivity contribution is -0.274. The highest BCUT2D eigenvalue weighted by Gasteiger charge is 2.32. The molecule has 0 radical (unpaired) electrons. The van der Waals surface area contributed by atoms with Crippen molar-refractivity contribution in [2.75, 3.05) is 30.9 Å². The van der Waals surface area contributed by atoms with Crippen LogP contribution in [0.3, 0.4) is 0 Å². The zero-order valence-corrected chi connectivity index (χ0v) is 22.0. The first-order valence-corrected chi connectivity index (χ1v) is 11.7. The van der Waals surface area contributed by atoms with Gasteiger partial charge in [0, 0.05) is 49.4 Å². The normalized spacial score (nSPS) is 17.6. The van der Waals surface area contributed by atoms with Crippen molar-refractivity contribution in [1.29, 1.82) is 0 Å². The number of nitrogens with zero attached hydrogens (tertiary/aromatic N) is 2. The van der Waals surface area contributed by atoms with Gasteiger partial charge in [0.15, 0.2) is 0 Å². The smallest absolute Gasteiger partial charge is 0.405 e. The van der Waals surface area contributed by atoms with Gasteiger partial charge < -0.3 is 20.3 Å². The molecule has 0 aliphatic heterocycles. The largest absolute Gasteiger partial charge is 0.573 e. The molecule has 0 spiro atoms. The summed E-state index contributed by atoms with van der Waals surface area (Å²) in [4.78, 5) is 6.91. The minimum absolute atomic E-state index is 0. The summed E-state index contributed by atoms with van der Waals surface area (Å²) in [5.74, 6) is 1.25. The Balaban J connectivity index is 0.00000228. The van der Waals surface area contributed by atoms with Gasteiger partial charge in [0.25, 0.3) is 0 Å². The summed E-state index contributed by atoms with van der Waals surface area (Å²) >= 11 is 0. The Morgan fingerprint density at radius 3 is 2.33 bits per heavy atom. The van der Waals surface area contributed by atoms with Gasteiger partial charge in [0.05, 0.1) is 5.52 Å². The summed E-state index contributed by atoms with van der Waals surface area (Å²) in [6.45, 7) is 1.12. The number of halogens is 5. The molecule has 2 aromatic carbocycles.